The van der Waals surface area contributed by atoms with E-state index in [4.69, 9.17) is 0 Å². The van der Waals surface area contributed by atoms with Crippen LogP contribution in [-0.2, 0) is 0 Å². The first-order valence-corrected chi connectivity index (χ1v) is 7.71. The van der Waals surface area contributed by atoms with Crippen LogP contribution in [0.1, 0.15) is 10.4 Å². The fraction of sp³-hybridized carbons (Fsp3) is 0.267. The normalized spacial score (nSPS) is 10.7. The van der Waals surface area contributed by atoms with E-state index in [0.29, 0.717) is 5.82 Å². The van der Waals surface area contributed by atoms with Crippen molar-refractivity contribution in [1.29, 1.82) is 0 Å². The summed E-state index contributed by atoms with van der Waals surface area (Å²) in [6, 6.07) is 8.97. The highest BCUT2D eigenvalue weighted by Gasteiger charge is 2.08. The van der Waals surface area contributed by atoms with E-state index in [2.05, 4.69) is 20.4 Å². The molecule has 0 radical (unpaired) electrons. The van der Waals surface area contributed by atoms with Gasteiger partial charge in [-0.2, -0.15) is 0 Å². The fourth-order valence-corrected chi connectivity index (χ4v) is 2.54. The van der Waals surface area contributed by atoms with Crippen molar-refractivity contribution in [3.8, 4) is 0 Å². The van der Waals surface area contributed by atoms with E-state index in [1.54, 1.807) is 23.9 Å². The van der Waals surface area contributed by atoms with Crippen LogP contribution in [0, 0.1) is 5.82 Å². The molecule has 0 aliphatic heterocycles. The second-order valence-electron chi connectivity index (χ2n) is 4.87. The molecule has 0 saturated heterocycles. The summed E-state index contributed by atoms with van der Waals surface area (Å²) in [5.74, 6) is 0.385. The van der Waals surface area contributed by atoms with E-state index in [-0.39, 0.29) is 5.56 Å². The summed E-state index contributed by atoms with van der Waals surface area (Å²) in [5, 5.41) is 11.4. The van der Waals surface area contributed by atoms with Gasteiger partial charge in [-0.1, -0.05) is 6.07 Å². The van der Waals surface area contributed by atoms with Crippen LogP contribution in [0.15, 0.2) is 41.4 Å². The smallest absolute Gasteiger partial charge is 0.256 e. The molecule has 1 aromatic carbocycles. The number of hydrogen-bond donors (Lipinski definition) is 1. The third-order valence-electron chi connectivity index (χ3n) is 2.76. The van der Waals surface area contributed by atoms with Crippen molar-refractivity contribution in [1.82, 2.24) is 15.1 Å². The zero-order valence-electron chi connectivity index (χ0n) is 12.4. The maximum atomic E-state index is 13.1. The van der Waals surface area contributed by atoms with Gasteiger partial charge in [-0.05, 0) is 44.4 Å². The molecule has 1 N–H and O–H groups in total. The van der Waals surface area contributed by atoms with E-state index in [9.17, 15) is 9.18 Å². The number of nitrogens with one attached hydrogen (secondary N) is 1. The number of hydrogen-bond acceptors (Lipinski definition) is 5. The molecule has 2 aromatic rings. The molecule has 7 heteroatoms. The molecule has 1 amide bonds. The number of rotatable bonds is 6. The first kappa shape index (κ1) is 16.4. The van der Waals surface area contributed by atoms with E-state index in [1.165, 1.54) is 24.3 Å². The quantitative estimate of drug-likeness (QED) is 0.829. The molecule has 0 aliphatic carbocycles. The van der Waals surface area contributed by atoms with Crippen LogP contribution in [0.25, 0.3) is 0 Å². The van der Waals surface area contributed by atoms with Crippen molar-refractivity contribution >= 4 is 23.5 Å². The number of halogens is 1. The minimum Gasteiger partial charge on any atom is -0.309 e. The maximum Gasteiger partial charge on any atom is 0.256 e. The molecular weight excluding hydrogens is 303 g/mol. The van der Waals surface area contributed by atoms with E-state index in [0.717, 1.165) is 17.3 Å². The summed E-state index contributed by atoms with van der Waals surface area (Å²) >= 11 is 1.60. The lowest BCUT2D eigenvalue weighted by molar-refractivity contribution is 0.102. The Balaban J connectivity index is 1.92. The summed E-state index contributed by atoms with van der Waals surface area (Å²) in [4.78, 5) is 14.0. The zero-order chi connectivity index (χ0) is 15.9. The first-order valence-electron chi connectivity index (χ1n) is 6.73. The molecule has 5 nitrogen and oxygen atoms in total. The zero-order valence-corrected chi connectivity index (χ0v) is 13.2. The topological polar surface area (TPSA) is 58.1 Å². The summed E-state index contributed by atoms with van der Waals surface area (Å²) in [6.07, 6.45) is 0. The summed E-state index contributed by atoms with van der Waals surface area (Å²) in [6.45, 7) is 0.949. The van der Waals surface area contributed by atoms with Crippen molar-refractivity contribution in [2.45, 2.75) is 5.03 Å². The standard InChI is InChI=1S/C15H17FN4OS/c1-20(2)8-9-22-14-7-6-13(18-19-14)17-15(21)11-4-3-5-12(16)10-11/h3-7,10H,8-9H2,1-2H3,(H,17,18,21). The van der Waals surface area contributed by atoms with Gasteiger partial charge in [0.1, 0.15) is 10.8 Å². The van der Waals surface area contributed by atoms with Crippen LogP contribution >= 0.6 is 11.8 Å². The van der Waals surface area contributed by atoms with E-state index >= 15 is 0 Å². The molecule has 1 heterocycles. The van der Waals surface area contributed by atoms with Crippen LogP contribution in [0.5, 0.6) is 0 Å². The Morgan fingerprint density at radius 1 is 1.27 bits per heavy atom. The van der Waals surface area contributed by atoms with Gasteiger partial charge in [0.15, 0.2) is 5.82 Å². The third-order valence-corrected chi connectivity index (χ3v) is 3.66. The molecule has 2 rings (SSSR count). The first-order chi connectivity index (χ1) is 10.5. The second kappa shape index (κ2) is 7.86. The molecule has 0 atom stereocenters. The second-order valence-corrected chi connectivity index (χ2v) is 5.99. The van der Waals surface area contributed by atoms with Gasteiger partial charge in [-0.25, -0.2) is 4.39 Å². The summed E-state index contributed by atoms with van der Waals surface area (Å²) in [7, 11) is 4.02. The molecule has 0 saturated carbocycles. The number of anilines is 1. The lowest BCUT2D eigenvalue weighted by atomic mass is 10.2. The molecule has 0 spiro atoms. The van der Waals surface area contributed by atoms with Gasteiger partial charge in [0, 0.05) is 17.9 Å². The highest BCUT2D eigenvalue weighted by Crippen LogP contribution is 2.15. The number of thioether (sulfide) groups is 1. The van der Waals surface area contributed by atoms with Crippen LogP contribution in [0.3, 0.4) is 0 Å². The molecule has 0 aliphatic rings. The Morgan fingerprint density at radius 3 is 2.73 bits per heavy atom. The average molecular weight is 320 g/mol. The van der Waals surface area contributed by atoms with Crippen molar-refractivity contribution in [3.05, 3.63) is 47.8 Å². The molecule has 0 bridgehead atoms. The van der Waals surface area contributed by atoms with Crippen LogP contribution < -0.4 is 5.32 Å². The van der Waals surface area contributed by atoms with Crippen molar-refractivity contribution < 1.29 is 9.18 Å². The summed E-state index contributed by atoms with van der Waals surface area (Å²) in [5.41, 5.74) is 0.242. The molecule has 1 aromatic heterocycles. The lowest BCUT2D eigenvalue weighted by Crippen LogP contribution is -2.15. The third kappa shape index (κ3) is 5.09. The van der Waals surface area contributed by atoms with E-state index in [1.807, 2.05) is 14.1 Å². The van der Waals surface area contributed by atoms with Crippen molar-refractivity contribution in [2.24, 2.45) is 0 Å². The van der Waals surface area contributed by atoms with Gasteiger partial charge in [-0.3, -0.25) is 4.79 Å². The van der Waals surface area contributed by atoms with Crippen LogP contribution in [0.4, 0.5) is 10.2 Å². The van der Waals surface area contributed by atoms with Crippen molar-refractivity contribution in [3.63, 3.8) is 0 Å². The monoisotopic (exact) mass is 320 g/mol. The van der Waals surface area contributed by atoms with Gasteiger partial charge in [-0.15, -0.1) is 22.0 Å². The molecular formula is C15H17FN4OS. The molecule has 0 unspecified atom stereocenters. The van der Waals surface area contributed by atoms with Gasteiger partial charge < -0.3 is 10.2 Å². The van der Waals surface area contributed by atoms with Gasteiger partial charge in [0.05, 0.1) is 0 Å². The van der Waals surface area contributed by atoms with Gasteiger partial charge in [0.25, 0.3) is 5.91 Å². The molecule has 0 fully saturated rings. The van der Waals surface area contributed by atoms with Gasteiger partial charge in [0.2, 0.25) is 0 Å². The minimum absolute atomic E-state index is 0.242. The Kier molecular flexibility index (Phi) is 5.85. The van der Waals surface area contributed by atoms with E-state index < -0.39 is 11.7 Å². The fourth-order valence-electron chi connectivity index (χ4n) is 1.61. The SMILES string of the molecule is CN(C)CCSc1ccc(NC(=O)c2cccc(F)c2)nn1. The minimum atomic E-state index is -0.452. The Labute approximate surface area is 132 Å². The Bertz CT molecular complexity index is 634. The van der Waals surface area contributed by atoms with Gasteiger partial charge >= 0.3 is 0 Å². The van der Waals surface area contributed by atoms with Crippen LogP contribution in [0.2, 0.25) is 0 Å². The number of carbonyl (C=O) groups is 1. The number of carbonyl (C=O) groups excluding carboxylic acids is 1. The molecule has 116 valence electrons. The Morgan fingerprint density at radius 2 is 2.09 bits per heavy atom. The number of amides is 1. The molecule has 22 heavy (non-hydrogen) atoms. The Hall–Kier alpha value is -1.99. The number of aromatic nitrogens is 2. The number of benzene rings is 1. The van der Waals surface area contributed by atoms with Crippen LogP contribution in [-0.4, -0.2) is 47.4 Å². The number of nitrogens with zero attached hydrogens (tertiary/aromatic N) is 3. The lowest BCUT2D eigenvalue weighted by Gasteiger charge is -2.08. The highest BCUT2D eigenvalue weighted by atomic mass is 32.2. The van der Waals surface area contributed by atoms with Crippen molar-refractivity contribution in [2.75, 3.05) is 31.7 Å². The maximum absolute atomic E-state index is 13.1. The predicted molar refractivity (Wildman–Crippen MR) is 85.7 cm³/mol. The highest BCUT2D eigenvalue weighted by molar-refractivity contribution is 7.99. The predicted octanol–water partition coefficient (Wildman–Crippen LogP) is 2.52. The average Bonchev–Trinajstić information content (AvgIpc) is 2.48. The summed E-state index contributed by atoms with van der Waals surface area (Å²) < 4.78 is 13.1. The largest absolute Gasteiger partial charge is 0.309 e.